The zero-order valence-corrected chi connectivity index (χ0v) is 11.3. The predicted molar refractivity (Wildman–Crippen MR) is 73.0 cm³/mol. The van der Waals surface area contributed by atoms with Crippen molar-refractivity contribution in [3.05, 3.63) is 41.0 Å². The van der Waals surface area contributed by atoms with Crippen molar-refractivity contribution in [3.63, 3.8) is 0 Å². The van der Waals surface area contributed by atoms with E-state index in [1.54, 1.807) is 11.3 Å². The maximum atomic E-state index is 4.27. The van der Waals surface area contributed by atoms with Gasteiger partial charge in [-0.2, -0.15) is 0 Å². The number of aromatic nitrogens is 1. The molecule has 0 unspecified atom stereocenters. The van der Waals surface area contributed by atoms with Crippen molar-refractivity contribution in [1.29, 1.82) is 0 Å². The summed E-state index contributed by atoms with van der Waals surface area (Å²) in [5.74, 6) is 0. The normalized spacial score (nSPS) is 9.50. The van der Waals surface area contributed by atoms with E-state index in [0.29, 0.717) is 0 Å². The van der Waals surface area contributed by atoms with Crippen LogP contribution >= 0.6 is 11.3 Å². The van der Waals surface area contributed by atoms with Gasteiger partial charge in [0.25, 0.3) is 0 Å². The second-order valence-electron chi connectivity index (χ2n) is 3.30. The molecule has 0 bridgehead atoms. The first-order valence-corrected chi connectivity index (χ1v) is 6.63. The van der Waals surface area contributed by atoms with Crippen molar-refractivity contribution < 1.29 is 0 Å². The van der Waals surface area contributed by atoms with Crippen LogP contribution in [0.1, 0.15) is 31.3 Å². The Morgan fingerprint density at radius 2 is 2.00 bits per heavy atom. The van der Waals surface area contributed by atoms with E-state index in [9.17, 15) is 0 Å². The highest BCUT2D eigenvalue weighted by atomic mass is 32.1. The lowest BCUT2D eigenvalue weighted by Gasteiger charge is -1.99. The molecule has 0 N–H and O–H groups in total. The summed E-state index contributed by atoms with van der Waals surface area (Å²) in [5.41, 5.74) is 2.67. The maximum absolute atomic E-state index is 4.27. The van der Waals surface area contributed by atoms with Gasteiger partial charge < -0.3 is 0 Å². The van der Waals surface area contributed by atoms with E-state index in [2.05, 4.69) is 36.2 Å². The van der Waals surface area contributed by atoms with Gasteiger partial charge in [-0.25, -0.2) is 4.98 Å². The van der Waals surface area contributed by atoms with Crippen LogP contribution in [-0.4, -0.2) is 4.98 Å². The fourth-order valence-electron chi connectivity index (χ4n) is 1.44. The number of rotatable bonds is 2. The first-order valence-electron chi connectivity index (χ1n) is 5.81. The van der Waals surface area contributed by atoms with Gasteiger partial charge in [-0.3, -0.25) is 0 Å². The Hall–Kier alpha value is -1.15. The highest BCUT2D eigenvalue weighted by molar-refractivity contribution is 7.15. The van der Waals surface area contributed by atoms with Crippen molar-refractivity contribution >= 4 is 11.3 Å². The van der Waals surface area contributed by atoms with Gasteiger partial charge in [0, 0.05) is 6.20 Å². The summed E-state index contributed by atoms with van der Waals surface area (Å²) in [6.07, 6.45) is 3.04. The van der Waals surface area contributed by atoms with E-state index in [1.165, 1.54) is 16.0 Å². The lowest BCUT2D eigenvalue weighted by Crippen LogP contribution is -1.79. The highest BCUT2D eigenvalue weighted by Gasteiger charge is 2.01. The van der Waals surface area contributed by atoms with Crippen LogP contribution in [0.25, 0.3) is 10.4 Å². The van der Waals surface area contributed by atoms with Crippen LogP contribution in [0.2, 0.25) is 0 Å². The molecular weight excluding hydrogens is 214 g/mol. The van der Waals surface area contributed by atoms with Crippen molar-refractivity contribution in [2.24, 2.45) is 0 Å². The van der Waals surface area contributed by atoms with Crippen LogP contribution in [0.5, 0.6) is 0 Å². The molecule has 86 valence electrons. The predicted octanol–water partition coefficient (Wildman–Crippen LogP) is 4.71. The molecule has 1 nitrogen and oxygen atoms in total. The average molecular weight is 233 g/mol. The average Bonchev–Trinajstić information content (AvgIpc) is 2.79. The molecule has 0 fully saturated rings. The molecular formula is C14H19NS. The van der Waals surface area contributed by atoms with Crippen LogP contribution in [-0.2, 0) is 6.42 Å². The number of benzene rings is 1. The first kappa shape index (κ1) is 12.9. The Morgan fingerprint density at radius 3 is 2.56 bits per heavy atom. The number of hydrogen-bond donors (Lipinski definition) is 0. The first-order chi connectivity index (χ1) is 7.79. The van der Waals surface area contributed by atoms with Crippen molar-refractivity contribution in [2.45, 2.75) is 34.1 Å². The molecule has 0 aliphatic rings. The van der Waals surface area contributed by atoms with Crippen molar-refractivity contribution in [1.82, 2.24) is 4.98 Å². The summed E-state index contributed by atoms with van der Waals surface area (Å²) in [6, 6.07) is 8.67. The summed E-state index contributed by atoms with van der Waals surface area (Å²) in [6.45, 7) is 8.22. The summed E-state index contributed by atoms with van der Waals surface area (Å²) in [4.78, 5) is 5.53. The Balaban J connectivity index is 0.000000606. The third-order valence-corrected chi connectivity index (χ3v) is 3.20. The van der Waals surface area contributed by atoms with E-state index in [4.69, 9.17) is 0 Å². The van der Waals surface area contributed by atoms with E-state index in [0.717, 1.165) is 11.4 Å². The zero-order chi connectivity index (χ0) is 12.0. The molecule has 0 radical (unpaired) electrons. The van der Waals surface area contributed by atoms with Gasteiger partial charge in [0.15, 0.2) is 0 Å². The van der Waals surface area contributed by atoms with Gasteiger partial charge >= 0.3 is 0 Å². The Bertz CT molecular complexity index is 432. The summed E-state index contributed by atoms with van der Waals surface area (Å²) in [7, 11) is 0. The summed E-state index contributed by atoms with van der Waals surface area (Å²) >= 11 is 1.75. The topological polar surface area (TPSA) is 12.9 Å². The second-order valence-corrected chi connectivity index (χ2v) is 4.53. The Kier molecular flexibility index (Phi) is 5.20. The molecule has 0 spiro atoms. The van der Waals surface area contributed by atoms with E-state index < -0.39 is 0 Å². The second kappa shape index (κ2) is 6.44. The fraction of sp³-hybridized carbons (Fsp3) is 0.357. The summed E-state index contributed by atoms with van der Waals surface area (Å²) in [5, 5.41) is 1.13. The maximum Gasteiger partial charge on any atom is 0.0900 e. The van der Waals surface area contributed by atoms with E-state index in [-0.39, 0.29) is 0 Å². The molecule has 1 heterocycles. The Morgan fingerprint density at radius 1 is 1.25 bits per heavy atom. The van der Waals surface area contributed by atoms with Gasteiger partial charge in [-0.1, -0.05) is 45.0 Å². The van der Waals surface area contributed by atoms with Crippen molar-refractivity contribution in [3.8, 4) is 10.4 Å². The van der Waals surface area contributed by atoms with E-state index >= 15 is 0 Å². The minimum Gasteiger partial charge on any atom is -0.249 e. The SMILES string of the molecule is CC.CCc1cccc(-c2cnc(C)s2)c1. The smallest absolute Gasteiger partial charge is 0.0900 e. The molecule has 2 aromatic rings. The zero-order valence-electron chi connectivity index (χ0n) is 10.4. The van der Waals surface area contributed by atoms with Gasteiger partial charge in [0.1, 0.15) is 0 Å². The van der Waals surface area contributed by atoms with Gasteiger partial charge in [0.2, 0.25) is 0 Å². The molecule has 0 saturated carbocycles. The molecule has 2 heteroatoms. The van der Waals surface area contributed by atoms with Gasteiger partial charge in [0.05, 0.1) is 9.88 Å². The minimum atomic E-state index is 1.09. The third kappa shape index (κ3) is 3.17. The molecule has 16 heavy (non-hydrogen) atoms. The quantitative estimate of drug-likeness (QED) is 0.732. The van der Waals surface area contributed by atoms with Crippen LogP contribution in [0, 0.1) is 6.92 Å². The van der Waals surface area contributed by atoms with Crippen LogP contribution in [0.15, 0.2) is 30.5 Å². The highest BCUT2D eigenvalue weighted by Crippen LogP contribution is 2.26. The molecule has 0 atom stereocenters. The Labute approximate surface area is 102 Å². The molecule has 1 aromatic carbocycles. The largest absolute Gasteiger partial charge is 0.249 e. The number of nitrogens with zero attached hydrogens (tertiary/aromatic N) is 1. The van der Waals surface area contributed by atoms with Gasteiger partial charge in [-0.05, 0) is 24.5 Å². The third-order valence-electron chi connectivity index (χ3n) is 2.24. The standard InChI is InChI=1S/C12H13NS.C2H6/c1-3-10-5-4-6-11(7-10)12-8-13-9(2)14-12;1-2/h4-8H,3H2,1-2H3;1-2H3. The monoisotopic (exact) mass is 233 g/mol. The summed E-state index contributed by atoms with van der Waals surface area (Å²) < 4.78 is 0. The lowest BCUT2D eigenvalue weighted by atomic mass is 10.1. The molecule has 0 saturated heterocycles. The molecule has 0 amide bonds. The minimum absolute atomic E-state index is 1.09. The number of hydrogen-bond acceptors (Lipinski definition) is 2. The number of thiazole rings is 1. The van der Waals surface area contributed by atoms with Crippen molar-refractivity contribution in [2.75, 3.05) is 0 Å². The van der Waals surface area contributed by atoms with Crippen LogP contribution < -0.4 is 0 Å². The molecule has 1 aromatic heterocycles. The van der Waals surface area contributed by atoms with Crippen LogP contribution in [0.3, 0.4) is 0 Å². The van der Waals surface area contributed by atoms with Crippen LogP contribution in [0.4, 0.5) is 0 Å². The number of aryl methyl sites for hydroxylation is 2. The molecule has 0 aliphatic heterocycles. The van der Waals surface area contributed by atoms with Gasteiger partial charge in [-0.15, -0.1) is 11.3 Å². The van der Waals surface area contributed by atoms with E-state index in [1.807, 2.05) is 27.0 Å². The lowest BCUT2D eigenvalue weighted by molar-refractivity contribution is 1.14. The fourth-order valence-corrected chi connectivity index (χ4v) is 2.21. The molecule has 2 rings (SSSR count). The molecule has 0 aliphatic carbocycles.